The third kappa shape index (κ3) is 8.19. The fraction of sp³-hybridized carbons (Fsp3) is 0.292. The third-order valence-electron chi connectivity index (χ3n) is 5.01. The Morgan fingerprint density at radius 1 is 0.970 bits per heavy atom. The van der Waals surface area contributed by atoms with Crippen molar-refractivity contribution in [3.63, 3.8) is 0 Å². The summed E-state index contributed by atoms with van der Waals surface area (Å²) < 4.78 is 24.5. The Hall–Kier alpha value is -3.46. The van der Waals surface area contributed by atoms with E-state index in [0.29, 0.717) is 0 Å². The van der Waals surface area contributed by atoms with E-state index in [1.165, 1.54) is 12.1 Å². The fourth-order valence-corrected chi connectivity index (χ4v) is 4.07. The highest BCUT2D eigenvalue weighted by molar-refractivity contribution is 7.94. The second-order valence-electron chi connectivity index (χ2n) is 7.85. The number of amides is 2. The molecule has 0 saturated carbocycles. The highest BCUT2D eigenvalue weighted by Crippen LogP contribution is 2.13. The Morgan fingerprint density at radius 2 is 1.55 bits per heavy atom. The summed E-state index contributed by atoms with van der Waals surface area (Å²) in [5.74, 6) is -3.24. The number of carboxylic acids is 1. The minimum atomic E-state index is -3.77. The first kappa shape index (κ1) is 25.8. The molecule has 0 aliphatic heterocycles. The van der Waals surface area contributed by atoms with E-state index in [1.807, 2.05) is 6.07 Å². The molecule has 0 bridgehead atoms. The van der Waals surface area contributed by atoms with Gasteiger partial charge < -0.3 is 15.7 Å². The van der Waals surface area contributed by atoms with E-state index >= 15 is 0 Å². The number of rotatable bonds is 11. The van der Waals surface area contributed by atoms with Crippen LogP contribution in [0, 0.1) is 11.8 Å². The zero-order valence-corrected chi connectivity index (χ0v) is 19.3. The first-order valence-corrected chi connectivity index (χ1v) is 12.0. The molecule has 2 amide bonds. The van der Waals surface area contributed by atoms with Gasteiger partial charge in [-0.3, -0.25) is 9.59 Å². The van der Waals surface area contributed by atoms with E-state index in [-0.39, 0.29) is 23.8 Å². The number of carboxylic acid groups (broad SMARTS) is 1. The summed E-state index contributed by atoms with van der Waals surface area (Å²) in [7, 11) is -3.77. The van der Waals surface area contributed by atoms with E-state index in [4.69, 9.17) is 0 Å². The molecule has 0 fully saturated rings. The van der Waals surface area contributed by atoms with Crippen LogP contribution in [-0.2, 0) is 30.6 Å². The molecule has 3 N–H and O–H groups in total. The number of aliphatic carboxylic acids is 1. The molecule has 2 rings (SSSR count). The van der Waals surface area contributed by atoms with E-state index in [1.54, 1.807) is 56.3 Å². The lowest BCUT2D eigenvalue weighted by atomic mass is 9.94. The second-order valence-corrected chi connectivity index (χ2v) is 9.68. The van der Waals surface area contributed by atoms with Crippen molar-refractivity contribution >= 4 is 27.6 Å². The normalized spacial score (nSPS) is 13.4. The van der Waals surface area contributed by atoms with Crippen molar-refractivity contribution in [2.75, 3.05) is 6.54 Å². The van der Waals surface area contributed by atoms with Gasteiger partial charge in [0.25, 0.3) is 0 Å². The van der Waals surface area contributed by atoms with Gasteiger partial charge in [-0.05, 0) is 23.6 Å². The van der Waals surface area contributed by atoms with Crippen molar-refractivity contribution in [2.24, 2.45) is 11.8 Å². The lowest BCUT2D eigenvalue weighted by Gasteiger charge is -2.23. The number of sulfone groups is 1. The summed E-state index contributed by atoms with van der Waals surface area (Å²) in [5, 5.41) is 15.4. The van der Waals surface area contributed by atoms with Gasteiger partial charge in [-0.2, -0.15) is 0 Å². The molecule has 2 aromatic carbocycles. The first-order chi connectivity index (χ1) is 15.6. The van der Waals surface area contributed by atoms with Crippen LogP contribution < -0.4 is 10.6 Å². The molecule has 0 aliphatic rings. The lowest BCUT2D eigenvalue weighted by molar-refractivity contribution is -0.142. The van der Waals surface area contributed by atoms with E-state index in [9.17, 15) is 27.9 Å². The van der Waals surface area contributed by atoms with Crippen molar-refractivity contribution in [2.45, 2.75) is 31.2 Å². The van der Waals surface area contributed by atoms with Crippen molar-refractivity contribution in [3.8, 4) is 0 Å². The van der Waals surface area contributed by atoms with Crippen molar-refractivity contribution in [1.82, 2.24) is 10.6 Å². The Balaban J connectivity index is 1.99. The van der Waals surface area contributed by atoms with Crippen LogP contribution in [0.3, 0.4) is 0 Å². The standard InChI is InChI=1S/C24H28N2O6S/c1-17(2)20(23(28)26-21(24(29)30)15-18-9-5-3-6-10-18)16-25-22(27)13-14-33(31,32)19-11-7-4-8-12-19/h3-14,17,20-21H,15-16H2,1-2H3,(H,25,27)(H,26,28)(H,29,30)/t20-,21+/m1/s1. The van der Waals surface area contributed by atoms with Gasteiger partial charge in [-0.25, -0.2) is 13.2 Å². The van der Waals surface area contributed by atoms with Crippen LogP contribution in [0.25, 0.3) is 0 Å². The first-order valence-electron chi connectivity index (χ1n) is 10.4. The van der Waals surface area contributed by atoms with Gasteiger partial charge in [0.1, 0.15) is 6.04 Å². The molecule has 8 nitrogen and oxygen atoms in total. The average Bonchev–Trinajstić information content (AvgIpc) is 2.78. The maximum atomic E-state index is 12.8. The molecule has 0 spiro atoms. The maximum Gasteiger partial charge on any atom is 0.326 e. The molecule has 0 radical (unpaired) electrons. The largest absolute Gasteiger partial charge is 0.480 e. The highest BCUT2D eigenvalue weighted by atomic mass is 32.2. The Kier molecular flexibility index (Phi) is 9.35. The molecule has 2 atom stereocenters. The minimum absolute atomic E-state index is 0.0617. The molecule has 0 unspecified atom stereocenters. The third-order valence-corrected chi connectivity index (χ3v) is 6.43. The van der Waals surface area contributed by atoms with Gasteiger partial charge in [-0.15, -0.1) is 0 Å². The fourth-order valence-electron chi connectivity index (χ4n) is 3.07. The molecule has 2 aromatic rings. The number of benzene rings is 2. The summed E-state index contributed by atoms with van der Waals surface area (Å²) in [6.07, 6.45) is 1.02. The molecule has 0 saturated heterocycles. The zero-order valence-electron chi connectivity index (χ0n) is 18.5. The van der Waals surface area contributed by atoms with Crippen LogP contribution >= 0.6 is 0 Å². The van der Waals surface area contributed by atoms with Gasteiger partial charge in [0.2, 0.25) is 11.8 Å². The van der Waals surface area contributed by atoms with Crippen LogP contribution in [0.2, 0.25) is 0 Å². The van der Waals surface area contributed by atoms with Crippen LogP contribution in [0.4, 0.5) is 0 Å². The summed E-state index contributed by atoms with van der Waals surface area (Å²) in [6.45, 7) is 3.48. The molecule has 9 heteroatoms. The van der Waals surface area contributed by atoms with Gasteiger partial charge in [-0.1, -0.05) is 62.4 Å². The maximum absolute atomic E-state index is 12.8. The number of carbonyl (C=O) groups is 3. The van der Waals surface area contributed by atoms with Crippen molar-refractivity contribution < 1.29 is 27.9 Å². The molecule has 176 valence electrons. The number of hydrogen-bond acceptors (Lipinski definition) is 5. The summed E-state index contributed by atoms with van der Waals surface area (Å²) in [6, 6.07) is 15.5. The summed E-state index contributed by atoms with van der Waals surface area (Å²) >= 11 is 0. The molecule has 33 heavy (non-hydrogen) atoms. The van der Waals surface area contributed by atoms with Crippen LogP contribution in [0.1, 0.15) is 19.4 Å². The average molecular weight is 473 g/mol. The Morgan fingerprint density at radius 3 is 2.09 bits per heavy atom. The zero-order chi connectivity index (χ0) is 24.4. The Labute approximate surface area is 193 Å². The molecular formula is C24H28N2O6S. The highest BCUT2D eigenvalue weighted by Gasteiger charge is 2.27. The molecule has 0 heterocycles. The number of hydrogen-bond donors (Lipinski definition) is 3. The van der Waals surface area contributed by atoms with Crippen molar-refractivity contribution in [1.29, 1.82) is 0 Å². The van der Waals surface area contributed by atoms with Crippen LogP contribution in [0.15, 0.2) is 77.0 Å². The summed E-state index contributed by atoms with van der Waals surface area (Å²) in [5.41, 5.74) is 0.768. The molecular weight excluding hydrogens is 444 g/mol. The van der Waals surface area contributed by atoms with E-state index < -0.39 is 39.6 Å². The van der Waals surface area contributed by atoms with Crippen LogP contribution in [0.5, 0.6) is 0 Å². The minimum Gasteiger partial charge on any atom is -0.480 e. The number of carbonyl (C=O) groups excluding carboxylic acids is 2. The SMILES string of the molecule is CC(C)[C@@H](CNC(=O)C=CS(=O)(=O)c1ccccc1)C(=O)N[C@@H](Cc1ccccc1)C(=O)O. The van der Waals surface area contributed by atoms with Gasteiger partial charge in [0.15, 0.2) is 9.84 Å². The van der Waals surface area contributed by atoms with Gasteiger partial charge >= 0.3 is 5.97 Å². The summed E-state index contributed by atoms with van der Waals surface area (Å²) in [4.78, 5) is 36.6. The second kappa shape index (κ2) is 12.0. The monoisotopic (exact) mass is 472 g/mol. The van der Waals surface area contributed by atoms with E-state index in [2.05, 4.69) is 10.6 Å². The predicted octanol–water partition coefficient (Wildman–Crippen LogP) is 2.17. The van der Waals surface area contributed by atoms with E-state index in [0.717, 1.165) is 17.0 Å². The Bertz CT molecular complexity index is 1080. The van der Waals surface area contributed by atoms with Gasteiger partial charge in [0, 0.05) is 24.4 Å². The number of nitrogens with one attached hydrogen (secondary N) is 2. The predicted molar refractivity (Wildman–Crippen MR) is 124 cm³/mol. The lowest BCUT2D eigenvalue weighted by Crippen LogP contribution is -2.48. The smallest absolute Gasteiger partial charge is 0.326 e. The topological polar surface area (TPSA) is 130 Å². The molecule has 0 aliphatic carbocycles. The van der Waals surface area contributed by atoms with Gasteiger partial charge in [0.05, 0.1) is 10.8 Å². The molecule has 0 aromatic heterocycles. The van der Waals surface area contributed by atoms with Crippen molar-refractivity contribution in [3.05, 3.63) is 77.7 Å². The van der Waals surface area contributed by atoms with Crippen LogP contribution in [-0.4, -0.2) is 43.9 Å². The quantitative estimate of drug-likeness (QED) is 0.430.